The Labute approximate surface area is 105 Å². The minimum absolute atomic E-state index is 0.218. The Hall–Kier alpha value is -2.05. The summed E-state index contributed by atoms with van der Waals surface area (Å²) in [5, 5.41) is 15.0. The molecule has 0 unspecified atom stereocenters. The lowest BCUT2D eigenvalue weighted by Crippen LogP contribution is -2.42. The minimum atomic E-state index is -1.03. The highest BCUT2D eigenvalue weighted by atomic mass is 16.5. The number of nitrogens with zero attached hydrogens (tertiary/aromatic N) is 2. The van der Waals surface area contributed by atoms with E-state index in [2.05, 4.69) is 10.5 Å². The van der Waals surface area contributed by atoms with Gasteiger partial charge in [0.15, 0.2) is 0 Å². The summed E-state index contributed by atoms with van der Waals surface area (Å²) in [4.78, 5) is 23.6. The number of rotatable bonds is 6. The molecule has 0 atom stereocenters. The van der Waals surface area contributed by atoms with Crippen LogP contribution in [0.3, 0.4) is 0 Å². The van der Waals surface area contributed by atoms with E-state index in [0.29, 0.717) is 24.4 Å². The summed E-state index contributed by atoms with van der Waals surface area (Å²) in [6.45, 7) is 3.94. The zero-order valence-corrected chi connectivity index (χ0v) is 10.5. The molecule has 1 rings (SSSR count). The van der Waals surface area contributed by atoms with Crippen LogP contribution in [0.15, 0.2) is 10.6 Å². The molecule has 0 aliphatic heterocycles. The van der Waals surface area contributed by atoms with Gasteiger partial charge in [-0.15, -0.1) is 0 Å². The highest BCUT2D eigenvalue weighted by Gasteiger charge is 2.15. The predicted molar refractivity (Wildman–Crippen MR) is 63.0 cm³/mol. The van der Waals surface area contributed by atoms with Crippen LogP contribution in [0.2, 0.25) is 0 Å². The average Bonchev–Trinajstić information content (AvgIpc) is 2.71. The van der Waals surface area contributed by atoms with Gasteiger partial charge in [-0.05, 0) is 13.3 Å². The van der Waals surface area contributed by atoms with E-state index < -0.39 is 12.0 Å². The Bertz CT molecular complexity index is 416. The van der Waals surface area contributed by atoms with Crippen LogP contribution in [-0.4, -0.2) is 40.3 Å². The fraction of sp³-hybridized carbons (Fsp3) is 0.545. The van der Waals surface area contributed by atoms with Crippen LogP contribution in [-0.2, 0) is 11.3 Å². The van der Waals surface area contributed by atoms with Crippen molar-refractivity contribution in [3.63, 3.8) is 0 Å². The van der Waals surface area contributed by atoms with Crippen LogP contribution in [0.1, 0.15) is 24.8 Å². The molecule has 0 fully saturated rings. The number of carboxylic acids is 1. The third-order valence-electron chi connectivity index (χ3n) is 2.20. The second-order valence-corrected chi connectivity index (χ2v) is 3.90. The molecule has 0 aliphatic carbocycles. The molecule has 2 N–H and O–H groups in total. The molecule has 2 amide bonds. The average molecular weight is 255 g/mol. The van der Waals surface area contributed by atoms with Gasteiger partial charge in [0, 0.05) is 12.6 Å². The zero-order chi connectivity index (χ0) is 13.5. The molecule has 1 aromatic heterocycles. The van der Waals surface area contributed by atoms with Gasteiger partial charge in [-0.25, -0.2) is 4.79 Å². The zero-order valence-electron chi connectivity index (χ0n) is 10.5. The summed E-state index contributed by atoms with van der Waals surface area (Å²) in [6.07, 6.45) is 0.698. The number of nitrogens with one attached hydrogen (secondary N) is 1. The maximum absolute atomic E-state index is 11.7. The largest absolute Gasteiger partial charge is 0.480 e. The fourth-order valence-electron chi connectivity index (χ4n) is 1.46. The molecule has 18 heavy (non-hydrogen) atoms. The van der Waals surface area contributed by atoms with E-state index in [-0.39, 0.29) is 13.1 Å². The number of aromatic nitrogens is 1. The lowest BCUT2D eigenvalue weighted by Gasteiger charge is -2.19. The van der Waals surface area contributed by atoms with Crippen molar-refractivity contribution in [1.29, 1.82) is 0 Å². The van der Waals surface area contributed by atoms with Crippen molar-refractivity contribution >= 4 is 12.0 Å². The summed E-state index contributed by atoms with van der Waals surface area (Å²) in [7, 11) is 0. The van der Waals surface area contributed by atoms with Gasteiger partial charge in [-0.2, -0.15) is 0 Å². The van der Waals surface area contributed by atoms with Crippen molar-refractivity contribution in [3.05, 3.63) is 17.5 Å². The number of aliphatic carboxylic acids is 1. The molecular formula is C11H17N3O4. The highest BCUT2D eigenvalue weighted by molar-refractivity contribution is 5.80. The van der Waals surface area contributed by atoms with Crippen molar-refractivity contribution < 1.29 is 19.2 Å². The lowest BCUT2D eigenvalue weighted by atomic mass is 10.4. The third kappa shape index (κ3) is 4.44. The standard InChI is InChI=1S/C11H17N3O4/c1-3-4-14(7-10(15)16)11(17)12-6-9-5-8(2)18-13-9/h5H,3-4,6-7H2,1-2H3,(H,12,17)(H,15,16). The first-order chi connectivity index (χ1) is 8.52. The molecule has 0 aliphatic rings. The fourth-order valence-corrected chi connectivity index (χ4v) is 1.46. The van der Waals surface area contributed by atoms with Crippen molar-refractivity contribution in [1.82, 2.24) is 15.4 Å². The Morgan fingerprint density at radius 2 is 2.28 bits per heavy atom. The van der Waals surface area contributed by atoms with Gasteiger partial charge in [0.2, 0.25) is 0 Å². The van der Waals surface area contributed by atoms with Gasteiger partial charge in [-0.3, -0.25) is 4.79 Å². The summed E-state index contributed by atoms with van der Waals surface area (Å²) >= 11 is 0. The molecule has 0 spiro atoms. The number of hydrogen-bond donors (Lipinski definition) is 2. The molecule has 7 heteroatoms. The van der Waals surface area contributed by atoms with Crippen molar-refractivity contribution in [2.24, 2.45) is 0 Å². The van der Waals surface area contributed by atoms with Crippen LogP contribution in [0.25, 0.3) is 0 Å². The van der Waals surface area contributed by atoms with E-state index in [4.69, 9.17) is 9.63 Å². The molecule has 1 aromatic rings. The number of carboxylic acid groups (broad SMARTS) is 1. The maximum Gasteiger partial charge on any atom is 0.323 e. The van der Waals surface area contributed by atoms with Crippen LogP contribution in [0, 0.1) is 6.92 Å². The SMILES string of the molecule is CCCN(CC(=O)O)C(=O)NCc1cc(C)on1. The summed E-state index contributed by atoms with van der Waals surface area (Å²) in [6, 6.07) is 1.29. The van der Waals surface area contributed by atoms with E-state index in [0.717, 1.165) is 0 Å². The molecule has 100 valence electrons. The number of hydrogen-bond acceptors (Lipinski definition) is 4. The molecule has 0 radical (unpaired) electrons. The lowest BCUT2D eigenvalue weighted by molar-refractivity contribution is -0.137. The molecule has 0 saturated heterocycles. The topological polar surface area (TPSA) is 95.7 Å². The van der Waals surface area contributed by atoms with Crippen LogP contribution < -0.4 is 5.32 Å². The molecular weight excluding hydrogens is 238 g/mol. The Kier molecular flexibility index (Phi) is 5.16. The van der Waals surface area contributed by atoms with Gasteiger partial charge in [0.05, 0.1) is 6.54 Å². The van der Waals surface area contributed by atoms with Gasteiger partial charge in [0.1, 0.15) is 18.0 Å². The quantitative estimate of drug-likeness (QED) is 0.790. The summed E-state index contributed by atoms with van der Waals surface area (Å²) in [5.41, 5.74) is 0.604. The van der Waals surface area contributed by atoms with Crippen LogP contribution in [0.4, 0.5) is 4.79 Å². The van der Waals surface area contributed by atoms with Gasteiger partial charge in [-0.1, -0.05) is 12.1 Å². The number of aryl methyl sites for hydroxylation is 1. The molecule has 1 heterocycles. The molecule has 0 aromatic carbocycles. The first-order valence-corrected chi connectivity index (χ1v) is 5.69. The maximum atomic E-state index is 11.7. The number of urea groups is 1. The van der Waals surface area contributed by atoms with Crippen LogP contribution in [0.5, 0.6) is 0 Å². The van der Waals surface area contributed by atoms with E-state index in [1.54, 1.807) is 13.0 Å². The Balaban J connectivity index is 2.48. The second kappa shape index (κ2) is 6.63. The van der Waals surface area contributed by atoms with Crippen molar-refractivity contribution in [3.8, 4) is 0 Å². The van der Waals surface area contributed by atoms with E-state index in [9.17, 15) is 9.59 Å². The van der Waals surface area contributed by atoms with Crippen molar-refractivity contribution in [2.45, 2.75) is 26.8 Å². The predicted octanol–water partition coefficient (Wildman–Crippen LogP) is 0.989. The van der Waals surface area contributed by atoms with Gasteiger partial charge < -0.3 is 19.8 Å². The summed E-state index contributed by atoms with van der Waals surface area (Å²) < 4.78 is 4.86. The third-order valence-corrected chi connectivity index (χ3v) is 2.20. The normalized spacial score (nSPS) is 10.1. The van der Waals surface area contributed by atoms with Crippen LogP contribution >= 0.6 is 0 Å². The number of amides is 2. The Morgan fingerprint density at radius 1 is 1.56 bits per heavy atom. The van der Waals surface area contributed by atoms with Gasteiger partial charge >= 0.3 is 12.0 Å². The minimum Gasteiger partial charge on any atom is -0.480 e. The highest BCUT2D eigenvalue weighted by Crippen LogP contribution is 2.01. The first kappa shape index (κ1) is 14.0. The van der Waals surface area contributed by atoms with E-state index in [1.807, 2.05) is 6.92 Å². The molecule has 0 saturated carbocycles. The monoisotopic (exact) mass is 255 g/mol. The number of carbonyl (C=O) groups is 2. The molecule has 7 nitrogen and oxygen atoms in total. The van der Waals surface area contributed by atoms with Gasteiger partial charge in [0.25, 0.3) is 0 Å². The van der Waals surface area contributed by atoms with E-state index >= 15 is 0 Å². The Morgan fingerprint density at radius 3 is 2.78 bits per heavy atom. The number of carbonyl (C=O) groups excluding carboxylic acids is 1. The van der Waals surface area contributed by atoms with Crippen molar-refractivity contribution in [2.75, 3.05) is 13.1 Å². The summed E-state index contributed by atoms with van der Waals surface area (Å²) in [5.74, 6) is -0.369. The molecule has 0 bridgehead atoms. The van der Waals surface area contributed by atoms with E-state index in [1.165, 1.54) is 4.90 Å². The smallest absolute Gasteiger partial charge is 0.323 e. The first-order valence-electron chi connectivity index (χ1n) is 5.69. The second-order valence-electron chi connectivity index (χ2n) is 3.90.